The smallest absolute Gasteiger partial charge is 0.250 e. The summed E-state index contributed by atoms with van der Waals surface area (Å²) >= 11 is 5.90. The van der Waals surface area contributed by atoms with Gasteiger partial charge in [-0.15, -0.1) is 0 Å². The van der Waals surface area contributed by atoms with Gasteiger partial charge in [0.05, 0.1) is 29.1 Å². The van der Waals surface area contributed by atoms with Crippen LogP contribution >= 0.6 is 11.6 Å². The van der Waals surface area contributed by atoms with Gasteiger partial charge in [0.1, 0.15) is 30.3 Å². The topological polar surface area (TPSA) is 85.2 Å². The van der Waals surface area contributed by atoms with E-state index in [-0.39, 0.29) is 10.9 Å². The molecule has 1 aliphatic heterocycles. The third-order valence-electron chi connectivity index (χ3n) is 5.16. The number of aromatic nitrogens is 4. The Bertz CT molecular complexity index is 1360. The molecule has 0 bridgehead atoms. The molecule has 0 radical (unpaired) electrons. The van der Waals surface area contributed by atoms with E-state index in [1.165, 1.54) is 18.5 Å². The molecular weight excluding hydrogens is 447 g/mol. The molecule has 5 rings (SSSR count). The Morgan fingerprint density at radius 2 is 2.18 bits per heavy atom. The minimum atomic E-state index is -0.503. The van der Waals surface area contributed by atoms with Crippen molar-refractivity contribution in [2.24, 2.45) is 0 Å². The number of benzene rings is 2. The van der Waals surface area contributed by atoms with Crippen LogP contribution < -0.4 is 15.0 Å². The molecule has 0 aliphatic carbocycles. The van der Waals surface area contributed by atoms with Crippen LogP contribution in [0.3, 0.4) is 0 Å². The first kappa shape index (κ1) is 20.9. The fraction of sp³-hybridized carbons (Fsp3) is 0.130. The summed E-state index contributed by atoms with van der Waals surface area (Å²) in [7, 11) is 0. The molecule has 1 amide bonds. The standard InChI is InChI=1S/C23H18ClFN6O2/c24-17-10-15(3-4-18(17)25)29-23-16-11-20-21(12-19(16)27-13-28-23)33-9-8-31(20)22(32)2-1-6-30-7-5-26-14-30/h1-5,7,10-14H,6,8-9H2,(H,27,28,29)/b2-1+. The van der Waals surface area contributed by atoms with Gasteiger partial charge in [-0.2, -0.15) is 0 Å². The maximum atomic E-state index is 13.5. The molecular formula is C23H18ClFN6O2. The number of fused-ring (bicyclic) bond motifs is 2. The van der Waals surface area contributed by atoms with Gasteiger partial charge in [-0.25, -0.2) is 19.3 Å². The number of nitrogens with one attached hydrogen (secondary N) is 1. The van der Waals surface area contributed by atoms with Gasteiger partial charge < -0.3 is 19.5 Å². The summed E-state index contributed by atoms with van der Waals surface area (Å²) < 4.78 is 21.2. The van der Waals surface area contributed by atoms with E-state index in [9.17, 15) is 9.18 Å². The Morgan fingerprint density at radius 3 is 3.00 bits per heavy atom. The normalized spacial score (nSPS) is 13.2. The molecule has 0 saturated carbocycles. The lowest BCUT2D eigenvalue weighted by Gasteiger charge is -2.29. The Kier molecular flexibility index (Phi) is 5.62. The lowest BCUT2D eigenvalue weighted by molar-refractivity contribution is -0.114. The molecule has 33 heavy (non-hydrogen) atoms. The van der Waals surface area contributed by atoms with Crippen LogP contribution in [0.25, 0.3) is 10.9 Å². The Hall–Kier alpha value is -3.98. The average molecular weight is 465 g/mol. The number of rotatable bonds is 5. The van der Waals surface area contributed by atoms with E-state index in [1.807, 2.05) is 16.8 Å². The van der Waals surface area contributed by atoms with Crippen molar-refractivity contribution >= 4 is 45.6 Å². The molecule has 3 heterocycles. The van der Waals surface area contributed by atoms with Crippen LogP contribution in [0.1, 0.15) is 0 Å². The average Bonchev–Trinajstić information content (AvgIpc) is 3.33. The second-order valence-electron chi connectivity index (χ2n) is 7.31. The molecule has 2 aromatic carbocycles. The van der Waals surface area contributed by atoms with E-state index in [0.29, 0.717) is 53.5 Å². The number of allylic oxidation sites excluding steroid dienone is 1. The van der Waals surface area contributed by atoms with Crippen molar-refractivity contribution in [1.29, 1.82) is 0 Å². The Balaban J connectivity index is 1.46. The number of halogens is 2. The minimum absolute atomic E-state index is 0.00314. The van der Waals surface area contributed by atoms with Gasteiger partial charge in [0.15, 0.2) is 0 Å². The summed E-state index contributed by atoms with van der Waals surface area (Å²) in [5.41, 5.74) is 1.84. The summed E-state index contributed by atoms with van der Waals surface area (Å²) in [5.74, 6) is 0.408. The predicted molar refractivity (Wildman–Crippen MR) is 123 cm³/mol. The van der Waals surface area contributed by atoms with Gasteiger partial charge >= 0.3 is 0 Å². The Labute approximate surface area is 193 Å². The van der Waals surface area contributed by atoms with Crippen molar-refractivity contribution in [2.45, 2.75) is 6.54 Å². The number of anilines is 3. The van der Waals surface area contributed by atoms with Crippen molar-refractivity contribution in [3.63, 3.8) is 0 Å². The molecule has 166 valence electrons. The van der Waals surface area contributed by atoms with Crippen molar-refractivity contribution in [3.05, 3.63) is 78.4 Å². The highest BCUT2D eigenvalue weighted by Crippen LogP contribution is 2.37. The SMILES string of the molecule is O=C(/C=C/Cn1ccnc1)N1CCOc2cc3ncnc(Nc4ccc(F)c(Cl)c4)c3cc21. The van der Waals surface area contributed by atoms with Gasteiger partial charge in [-0.1, -0.05) is 17.7 Å². The van der Waals surface area contributed by atoms with Crippen molar-refractivity contribution in [2.75, 3.05) is 23.4 Å². The number of imidazole rings is 1. The minimum Gasteiger partial charge on any atom is -0.489 e. The van der Waals surface area contributed by atoms with Crippen molar-refractivity contribution < 1.29 is 13.9 Å². The number of carbonyl (C=O) groups is 1. The van der Waals surface area contributed by atoms with Crippen molar-refractivity contribution in [3.8, 4) is 5.75 Å². The third kappa shape index (κ3) is 4.35. The summed E-state index contributed by atoms with van der Waals surface area (Å²) in [6, 6.07) is 7.92. The maximum absolute atomic E-state index is 13.5. The Morgan fingerprint density at radius 1 is 1.27 bits per heavy atom. The lowest BCUT2D eigenvalue weighted by atomic mass is 10.1. The van der Waals surface area contributed by atoms with Gasteiger partial charge in [0.25, 0.3) is 5.91 Å². The lowest BCUT2D eigenvalue weighted by Crippen LogP contribution is -2.37. The van der Waals surface area contributed by atoms with Crippen LogP contribution in [0.15, 0.2) is 67.5 Å². The first-order valence-corrected chi connectivity index (χ1v) is 10.5. The second-order valence-corrected chi connectivity index (χ2v) is 7.72. The summed E-state index contributed by atoms with van der Waals surface area (Å²) in [6.45, 7) is 1.34. The summed E-state index contributed by atoms with van der Waals surface area (Å²) in [5, 5.41) is 3.83. The third-order valence-corrected chi connectivity index (χ3v) is 5.45. The number of amides is 1. The van der Waals surface area contributed by atoms with Crippen LogP contribution in [0, 0.1) is 5.82 Å². The highest BCUT2D eigenvalue weighted by atomic mass is 35.5. The summed E-state index contributed by atoms with van der Waals surface area (Å²) in [6.07, 6.45) is 9.95. The highest BCUT2D eigenvalue weighted by molar-refractivity contribution is 6.31. The van der Waals surface area contributed by atoms with Crippen LogP contribution in [-0.2, 0) is 11.3 Å². The van der Waals surface area contributed by atoms with Gasteiger partial charge in [0.2, 0.25) is 0 Å². The number of hydrogen-bond donors (Lipinski definition) is 1. The quantitative estimate of drug-likeness (QED) is 0.442. The van der Waals surface area contributed by atoms with Gasteiger partial charge in [-0.05, 0) is 24.3 Å². The van der Waals surface area contributed by atoms with Gasteiger partial charge in [-0.3, -0.25) is 4.79 Å². The number of ether oxygens (including phenoxy) is 1. The molecule has 8 nitrogen and oxygen atoms in total. The number of carbonyl (C=O) groups excluding carboxylic acids is 1. The fourth-order valence-corrected chi connectivity index (χ4v) is 3.75. The summed E-state index contributed by atoms with van der Waals surface area (Å²) in [4.78, 5) is 27.2. The first-order chi connectivity index (χ1) is 16.1. The zero-order chi connectivity index (χ0) is 22.8. The molecule has 0 spiro atoms. The molecule has 2 aromatic heterocycles. The molecule has 1 N–H and O–H groups in total. The predicted octanol–water partition coefficient (Wildman–Crippen LogP) is 4.34. The van der Waals surface area contributed by atoms with E-state index < -0.39 is 5.82 Å². The van der Waals surface area contributed by atoms with E-state index >= 15 is 0 Å². The van der Waals surface area contributed by atoms with Gasteiger partial charge in [0, 0.05) is 42.2 Å². The second kappa shape index (κ2) is 8.87. The number of nitrogens with zero attached hydrogens (tertiary/aromatic N) is 5. The molecule has 1 aliphatic rings. The van der Waals surface area contributed by atoms with Crippen LogP contribution in [-0.4, -0.2) is 38.6 Å². The molecule has 0 atom stereocenters. The van der Waals surface area contributed by atoms with Crippen molar-refractivity contribution in [1.82, 2.24) is 19.5 Å². The zero-order valence-electron chi connectivity index (χ0n) is 17.3. The molecule has 0 fully saturated rings. The van der Waals surface area contributed by atoms with Crippen LogP contribution in [0.5, 0.6) is 5.75 Å². The molecule has 10 heteroatoms. The fourth-order valence-electron chi connectivity index (χ4n) is 3.57. The molecule has 0 saturated heterocycles. The highest BCUT2D eigenvalue weighted by Gasteiger charge is 2.24. The number of hydrogen-bond acceptors (Lipinski definition) is 6. The van der Waals surface area contributed by atoms with E-state index in [1.54, 1.807) is 41.7 Å². The maximum Gasteiger partial charge on any atom is 0.250 e. The van der Waals surface area contributed by atoms with E-state index in [0.717, 1.165) is 0 Å². The molecule has 4 aromatic rings. The molecule has 0 unspecified atom stereocenters. The monoisotopic (exact) mass is 464 g/mol. The first-order valence-electron chi connectivity index (χ1n) is 10.2. The zero-order valence-corrected chi connectivity index (χ0v) is 18.0. The van der Waals surface area contributed by atoms with E-state index in [4.69, 9.17) is 16.3 Å². The van der Waals surface area contributed by atoms with Crippen LogP contribution in [0.4, 0.5) is 21.6 Å². The van der Waals surface area contributed by atoms with Crippen LogP contribution in [0.2, 0.25) is 5.02 Å². The van der Waals surface area contributed by atoms with E-state index in [2.05, 4.69) is 20.3 Å². The largest absolute Gasteiger partial charge is 0.489 e.